The van der Waals surface area contributed by atoms with Gasteiger partial charge >= 0.3 is 5.97 Å². The topological polar surface area (TPSA) is 88.6 Å². The van der Waals surface area contributed by atoms with E-state index in [0.717, 1.165) is 18.2 Å². The van der Waals surface area contributed by atoms with Crippen LogP contribution in [0.5, 0.6) is 0 Å². The molecular weight excluding hydrogens is 302 g/mol. The summed E-state index contributed by atoms with van der Waals surface area (Å²) in [5, 5.41) is 2.88. The number of anilines is 1. The smallest absolute Gasteiger partial charge is 0.322 e. The summed E-state index contributed by atoms with van der Waals surface area (Å²) in [4.78, 5) is 17.4. The van der Waals surface area contributed by atoms with Gasteiger partial charge in [-0.2, -0.15) is 0 Å². The van der Waals surface area contributed by atoms with Gasteiger partial charge in [-0.25, -0.2) is 18.1 Å². The molecule has 0 spiro atoms. The van der Waals surface area contributed by atoms with E-state index in [1.54, 1.807) is 17.5 Å². The summed E-state index contributed by atoms with van der Waals surface area (Å²) < 4.78 is 30.4. The van der Waals surface area contributed by atoms with Gasteiger partial charge in [0, 0.05) is 30.7 Å². The number of thiazole rings is 1. The first kappa shape index (κ1) is 15.2. The van der Waals surface area contributed by atoms with Crippen LogP contribution in [0, 0.1) is 0 Å². The minimum absolute atomic E-state index is 0.138. The lowest BCUT2D eigenvalue weighted by molar-refractivity contribution is -0.137. The zero-order valence-electron chi connectivity index (χ0n) is 11.1. The number of hydrogen-bond acceptors (Lipinski definition) is 7. The minimum Gasteiger partial charge on any atom is -0.468 e. The molecule has 1 saturated heterocycles. The molecule has 0 bridgehead atoms. The van der Waals surface area contributed by atoms with Crippen LogP contribution in [0.25, 0.3) is 0 Å². The Bertz CT molecular complexity index is 536. The zero-order valence-corrected chi connectivity index (χ0v) is 12.7. The van der Waals surface area contributed by atoms with E-state index in [0.29, 0.717) is 12.8 Å². The van der Waals surface area contributed by atoms with Gasteiger partial charge < -0.3 is 9.64 Å². The van der Waals surface area contributed by atoms with Crippen molar-refractivity contribution in [2.45, 2.75) is 18.9 Å². The number of aromatic nitrogens is 1. The van der Waals surface area contributed by atoms with Gasteiger partial charge in [-0.3, -0.25) is 4.79 Å². The van der Waals surface area contributed by atoms with E-state index in [2.05, 4.69) is 19.3 Å². The quantitative estimate of drug-likeness (QED) is 0.780. The lowest BCUT2D eigenvalue weighted by Gasteiger charge is -2.31. The third kappa shape index (κ3) is 4.15. The van der Waals surface area contributed by atoms with Crippen molar-refractivity contribution in [3.05, 3.63) is 11.6 Å². The van der Waals surface area contributed by atoms with Gasteiger partial charge in [0.25, 0.3) is 0 Å². The number of ether oxygens (including phenoxy) is 1. The van der Waals surface area contributed by atoms with Crippen LogP contribution in [-0.4, -0.2) is 51.4 Å². The lowest BCUT2D eigenvalue weighted by Crippen LogP contribution is -2.46. The summed E-state index contributed by atoms with van der Waals surface area (Å²) in [7, 11) is -2.45. The van der Waals surface area contributed by atoms with Crippen molar-refractivity contribution in [2.24, 2.45) is 0 Å². The molecule has 20 heavy (non-hydrogen) atoms. The van der Waals surface area contributed by atoms with Gasteiger partial charge in [0.1, 0.15) is 0 Å². The van der Waals surface area contributed by atoms with Crippen molar-refractivity contribution in [3.63, 3.8) is 0 Å². The van der Waals surface area contributed by atoms with Crippen molar-refractivity contribution in [2.75, 3.05) is 30.9 Å². The van der Waals surface area contributed by atoms with Crippen LogP contribution in [0.2, 0.25) is 0 Å². The van der Waals surface area contributed by atoms with Crippen LogP contribution in [0.15, 0.2) is 11.6 Å². The standard InChI is InChI=1S/C11H17N3O4S2/c1-18-10(15)8-20(16,17)13-9-2-5-14(6-3-9)11-12-4-7-19-11/h4,7,9,13H,2-3,5-6,8H2,1H3. The van der Waals surface area contributed by atoms with Crippen LogP contribution in [-0.2, 0) is 19.6 Å². The molecule has 1 aromatic heterocycles. The number of hydrogen-bond donors (Lipinski definition) is 1. The largest absolute Gasteiger partial charge is 0.468 e. The predicted molar refractivity (Wildman–Crippen MR) is 76.3 cm³/mol. The second kappa shape index (κ2) is 6.51. The summed E-state index contributed by atoms with van der Waals surface area (Å²) in [5.41, 5.74) is 0. The first-order valence-corrected chi connectivity index (χ1v) is 8.74. The molecule has 112 valence electrons. The molecule has 0 amide bonds. The molecule has 1 N–H and O–H groups in total. The van der Waals surface area contributed by atoms with Crippen molar-refractivity contribution in [3.8, 4) is 0 Å². The molecule has 1 aromatic rings. The number of carbonyl (C=O) groups is 1. The number of nitrogens with zero attached hydrogens (tertiary/aromatic N) is 2. The Hall–Kier alpha value is -1.19. The first-order chi connectivity index (χ1) is 9.50. The third-order valence-corrected chi connectivity index (χ3v) is 5.21. The van der Waals surface area contributed by atoms with Crippen molar-refractivity contribution < 1.29 is 17.9 Å². The van der Waals surface area contributed by atoms with Gasteiger partial charge in [0.15, 0.2) is 10.9 Å². The van der Waals surface area contributed by atoms with E-state index in [1.807, 2.05) is 5.38 Å². The first-order valence-electron chi connectivity index (χ1n) is 6.21. The number of piperidine rings is 1. The van der Waals surface area contributed by atoms with E-state index < -0.39 is 21.7 Å². The van der Waals surface area contributed by atoms with Crippen LogP contribution in [0.1, 0.15) is 12.8 Å². The Morgan fingerprint density at radius 1 is 1.55 bits per heavy atom. The normalized spacial score (nSPS) is 17.1. The molecule has 0 atom stereocenters. The van der Waals surface area contributed by atoms with Gasteiger partial charge in [0.2, 0.25) is 10.0 Å². The fourth-order valence-electron chi connectivity index (χ4n) is 2.07. The molecule has 0 saturated carbocycles. The number of rotatable bonds is 5. The summed E-state index contributed by atoms with van der Waals surface area (Å²) in [5.74, 6) is -1.38. The highest BCUT2D eigenvalue weighted by molar-refractivity contribution is 7.90. The molecule has 0 unspecified atom stereocenters. The van der Waals surface area contributed by atoms with Gasteiger partial charge in [-0.1, -0.05) is 0 Å². The van der Waals surface area contributed by atoms with E-state index in [4.69, 9.17) is 0 Å². The maximum Gasteiger partial charge on any atom is 0.322 e. The summed E-state index contributed by atoms with van der Waals surface area (Å²) in [6, 6.07) is -0.138. The van der Waals surface area contributed by atoms with E-state index in [9.17, 15) is 13.2 Å². The molecule has 9 heteroatoms. The molecule has 0 radical (unpaired) electrons. The van der Waals surface area contributed by atoms with Gasteiger partial charge in [-0.05, 0) is 12.8 Å². The lowest BCUT2D eigenvalue weighted by atomic mass is 10.1. The number of sulfonamides is 1. The minimum atomic E-state index is -3.62. The fourth-order valence-corrected chi connectivity index (χ4v) is 4.02. The third-order valence-electron chi connectivity index (χ3n) is 3.07. The molecule has 7 nitrogen and oxygen atoms in total. The molecule has 2 rings (SSSR count). The Balaban J connectivity index is 1.84. The average Bonchev–Trinajstić information content (AvgIpc) is 2.92. The zero-order chi connectivity index (χ0) is 14.6. The highest BCUT2D eigenvalue weighted by Gasteiger charge is 2.26. The monoisotopic (exact) mass is 319 g/mol. The van der Waals surface area contributed by atoms with Crippen LogP contribution in [0.3, 0.4) is 0 Å². The average molecular weight is 319 g/mol. The second-order valence-electron chi connectivity index (χ2n) is 4.53. The second-order valence-corrected chi connectivity index (χ2v) is 7.16. The summed E-state index contributed by atoms with van der Waals surface area (Å²) in [6.07, 6.45) is 3.14. The van der Waals surface area contributed by atoms with E-state index in [1.165, 1.54) is 7.11 Å². The van der Waals surface area contributed by atoms with Crippen LogP contribution >= 0.6 is 11.3 Å². The Morgan fingerprint density at radius 2 is 2.25 bits per heavy atom. The highest BCUT2D eigenvalue weighted by atomic mass is 32.2. The number of esters is 1. The van der Waals surface area contributed by atoms with Gasteiger partial charge in [0.05, 0.1) is 7.11 Å². The van der Waals surface area contributed by atoms with Crippen LogP contribution in [0.4, 0.5) is 5.13 Å². The number of carbonyl (C=O) groups excluding carboxylic acids is 1. The molecule has 0 aromatic carbocycles. The van der Waals surface area contributed by atoms with Crippen LogP contribution < -0.4 is 9.62 Å². The predicted octanol–water partition coefficient (Wildman–Crippen LogP) is 0.204. The van der Waals surface area contributed by atoms with Crippen molar-refractivity contribution in [1.82, 2.24) is 9.71 Å². The van der Waals surface area contributed by atoms with E-state index >= 15 is 0 Å². The molecule has 0 aliphatic carbocycles. The molecule has 1 aliphatic rings. The van der Waals surface area contributed by atoms with E-state index in [-0.39, 0.29) is 6.04 Å². The van der Waals surface area contributed by atoms with Crippen molar-refractivity contribution in [1.29, 1.82) is 0 Å². The Labute approximate surface area is 122 Å². The maximum absolute atomic E-state index is 11.7. The maximum atomic E-state index is 11.7. The molecular formula is C11H17N3O4S2. The van der Waals surface area contributed by atoms with Crippen molar-refractivity contribution >= 4 is 32.5 Å². The number of methoxy groups -OCH3 is 1. The summed E-state index contributed by atoms with van der Waals surface area (Å²) in [6.45, 7) is 1.50. The number of nitrogens with one attached hydrogen (secondary N) is 1. The summed E-state index contributed by atoms with van der Waals surface area (Å²) >= 11 is 1.57. The molecule has 1 aliphatic heterocycles. The molecule has 1 fully saturated rings. The SMILES string of the molecule is COC(=O)CS(=O)(=O)NC1CCN(c2nccs2)CC1. The molecule has 2 heterocycles. The Morgan fingerprint density at radius 3 is 2.80 bits per heavy atom. The highest BCUT2D eigenvalue weighted by Crippen LogP contribution is 2.22. The fraction of sp³-hybridized carbons (Fsp3) is 0.636. The van der Waals surface area contributed by atoms with Gasteiger partial charge in [-0.15, -0.1) is 11.3 Å². The Kier molecular flexibility index (Phi) is 4.95.